The molecule has 41 nitrogen and oxygen atoms in total. The third-order valence-corrected chi connectivity index (χ3v) is 19.3. The van der Waals surface area contributed by atoms with Gasteiger partial charge in [0, 0.05) is 10.6 Å². The molecule has 24 N–H and O–H groups in total. The summed E-state index contributed by atoms with van der Waals surface area (Å²) in [6, 6.07) is 5.43. The van der Waals surface area contributed by atoms with Gasteiger partial charge in [-0.2, -0.15) is 0 Å². The second kappa shape index (κ2) is 33.1. The molecule has 30 saturated heterocycles. The van der Waals surface area contributed by atoms with Crippen LogP contribution in [0.3, 0.4) is 0 Å². The number of carboxylic acid groups (broad SMARTS) is 1. The van der Waals surface area contributed by atoms with E-state index in [2.05, 4.69) is 0 Å². The number of aliphatic hydroxyl groups is 23. The number of thioether (sulfide) groups is 1. The van der Waals surface area contributed by atoms with E-state index >= 15 is 0 Å². The predicted molar refractivity (Wildman–Crippen MR) is 298 cm³/mol. The van der Waals surface area contributed by atoms with Gasteiger partial charge < -0.3 is 198 Å². The van der Waals surface area contributed by atoms with Crippen LogP contribution in [-0.2, 0) is 75.8 Å². The quantitative estimate of drug-likeness (QED) is 0.0915. The van der Waals surface area contributed by atoms with E-state index < -0.39 is 298 Å². The number of hydrogen-bond donors (Lipinski definition) is 24. The van der Waals surface area contributed by atoms with E-state index in [1.807, 2.05) is 0 Å². The Bertz CT molecular complexity index is 2630. The summed E-state index contributed by atoms with van der Waals surface area (Å²) in [6.07, 6.45) is -82.5. The van der Waals surface area contributed by atoms with Crippen LogP contribution in [0.2, 0.25) is 0 Å². The topological polar surface area (TPSA) is 650 Å². The first kappa shape index (κ1) is 77.1. The van der Waals surface area contributed by atoms with E-state index in [1.54, 1.807) is 0 Å². The molecule has 42 heteroatoms. The van der Waals surface area contributed by atoms with Crippen LogP contribution in [0.15, 0.2) is 29.2 Å². The van der Waals surface area contributed by atoms with Crippen molar-refractivity contribution in [2.45, 2.75) is 251 Å². The fourth-order valence-corrected chi connectivity index (χ4v) is 13.8. The molecular weight excluding hydrogens is 1350 g/mol. The number of carbonyl (C=O) groups is 1. The van der Waals surface area contributed by atoms with Crippen LogP contribution in [0, 0.1) is 0 Å². The highest BCUT2D eigenvalue weighted by Crippen LogP contribution is 2.41. The summed E-state index contributed by atoms with van der Waals surface area (Å²) in [5.74, 6) is -1.68. The highest BCUT2D eigenvalue weighted by Gasteiger charge is 2.60. The van der Waals surface area contributed by atoms with Crippen molar-refractivity contribution in [3.8, 4) is 0 Å². The zero-order valence-electron chi connectivity index (χ0n) is 50.6. The van der Waals surface area contributed by atoms with Crippen LogP contribution in [0.25, 0.3) is 0 Å². The fraction of sp³-hybridized carbons (Fsp3) is 0.873. The van der Waals surface area contributed by atoms with Crippen molar-refractivity contribution in [3.63, 3.8) is 0 Å². The Kier molecular flexibility index (Phi) is 26.3. The summed E-state index contributed by atoms with van der Waals surface area (Å²) in [4.78, 5) is 12.2. The van der Waals surface area contributed by atoms with Crippen molar-refractivity contribution in [3.05, 3.63) is 29.8 Å². The molecule has 16 bridgehead atoms. The molecule has 0 spiro atoms. The van der Waals surface area contributed by atoms with Gasteiger partial charge in [-0.15, -0.1) is 11.8 Å². The first-order valence-electron chi connectivity index (χ1n) is 30.8. The van der Waals surface area contributed by atoms with Crippen LogP contribution >= 0.6 is 11.8 Å². The number of hydrogen-bond acceptors (Lipinski definition) is 41. The minimum absolute atomic E-state index is 0.159. The lowest BCUT2D eigenvalue weighted by Gasteiger charge is -2.50. The molecule has 0 saturated carbocycles. The number of carboxylic acids is 1. The fourth-order valence-electron chi connectivity index (χ4n) is 12.8. The maximum Gasteiger partial charge on any atom is 0.335 e. The molecule has 0 amide bonds. The summed E-state index contributed by atoms with van der Waals surface area (Å²) in [6.45, 7) is -7.66. The third kappa shape index (κ3) is 15.8. The monoisotopic (exact) mass is 1430 g/mol. The van der Waals surface area contributed by atoms with Crippen molar-refractivity contribution < 1.29 is 203 Å². The minimum Gasteiger partial charge on any atom is -0.478 e. The lowest BCUT2D eigenvalue weighted by Crippen LogP contribution is -2.69. The van der Waals surface area contributed by atoms with Gasteiger partial charge in [-0.25, -0.2) is 4.79 Å². The van der Waals surface area contributed by atoms with Gasteiger partial charge in [0.25, 0.3) is 0 Å². The van der Waals surface area contributed by atoms with Crippen molar-refractivity contribution in [1.29, 1.82) is 0 Å². The summed E-state index contributed by atoms with van der Waals surface area (Å²) >= 11 is 0.887. The van der Waals surface area contributed by atoms with Gasteiger partial charge in [0.05, 0.1) is 57.9 Å². The van der Waals surface area contributed by atoms with Gasteiger partial charge >= 0.3 is 5.97 Å². The third-order valence-electron chi connectivity index (χ3n) is 18.2. The van der Waals surface area contributed by atoms with Crippen LogP contribution < -0.4 is 0 Å². The van der Waals surface area contributed by atoms with Gasteiger partial charge in [0.15, 0.2) is 50.3 Å². The number of ether oxygens (including phenoxy) is 16. The molecule has 1 aromatic rings. The molecule has 97 heavy (non-hydrogen) atoms. The Morgan fingerprint density at radius 2 is 0.464 bits per heavy atom. The molecule has 0 unspecified atom stereocenters. The molecule has 556 valence electrons. The summed E-state index contributed by atoms with van der Waals surface area (Å²) in [5.41, 5.74) is -0.159. The summed E-state index contributed by atoms with van der Waals surface area (Å²) in [5, 5.41) is 268. The summed E-state index contributed by atoms with van der Waals surface area (Å²) < 4.78 is 92.8. The predicted octanol–water partition coefficient (Wildman–Crippen LogP) is -14.9. The van der Waals surface area contributed by atoms with E-state index in [0.717, 1.165) is 11.8 Å². The van der Waals surface area contributed by atoms with Gasteiger partial charge in [-0.05, 0) is 18.2 Å². The summed E-state index contributed by atoms with van der Waals surface area (Å²) in [7, 11) is 0. The zero-order chi connectivity index (χ0) is 70.3. The van der Waals surface area contributed by atoms with Crippen molar-refractivity contribution >= 4 is 17.7 Å². The average Bonchev–Trinajstić information content (AvgIpc) is 0.818. The lowest BCUT2D eigenvalue weighted by molar-refractivity contribution is -0.403. The smallest absolute Gasteiger partial charge is 0.335 e. The van der Waals surface area contributed by atoms with Crippen molar-refractivity contribution in [2.24, 2.45) is 0 Å². The molecule has 31 rings (SSSR count). The first-order chi connectivity index (χ1) is 46.2. The van der Waals surface area contributed by atoms with Gasteiger partial charge in [-0.1, -0.05) is 6.07 Å². The Morgan fingerprint density at radius 1 is 0.278 bits per heavy atom. The van der Waals surface area contributed by atoms with Crippen LogP contribution in [0.1, 0.15) is 10.4 Å². The lowest BCUT2D eigenvalue weighted by atomic mass is 9.95. The van der Waals surface area contributed by atoms with Crippen LogP contribution in [0.5, 0.6) is 0 Å². The molecule has 30 heterocycles. The van der Waals surface area contributed by atoms with Crippen LogP contribution in [0.4, 0.5) is 0 Å². The molecular formula is C55H84O41S. The normalized spacial score (nSPS) is 51.2. The molecule has 0 radical (unpaired) electrons. The van der Waals surface area contributed by atoms with E-state index in [4.69, 9.17) is 75.8 Å². The zero-order valence-corrected chi connectivity index (χ0v) is 51.5. The highest BCUT2D eigenvalue weighted by molar-refractivity contribution is 7.99. The van der Waals surface area contributed by atoms with Gasteiger partial charge in [0.1, 0.15) is 189 Å². The first-order valence-corrected chi connectivity index (χ1v) is 31.8. The number of benzene rings is 1. The van der Waals surface area contributed by atoms with Crippen molar-refractivity contribution in [2.75, 3.05) is 52.0 Å². The second-order valence-corrected chi connectivity index (χ2v) is 25.5. The molecule has 30 fully saturated rings. The molecule has 1 aromatic carbocycles. The molecule has 0 aliphatic carbocycles. The minimum atomic E-state index is -2.28. The number of aromatic carboxylic acids is 1. The Morgan fingerprint density at radius 3 is 0.649 bits per heavy atom. The Balaban J connectivity index is 0.933. The van der Waals surface area contributed by atoms with Gasteiger partial charge in [0.2, 0.25) is 0 Å². The number of rotatable bonds is 11. The maximum absolute atomic E-state index is 11.9. The standard InChI is InChI=1S/C55H84O41S/c56-5-15-39-23(63)31(71)48(81-15)90-40-16(6-57)83-50(33(73)25(40)65)92-42-18(8-59)85-52(35(75)27(42)67)94-44-20(10-61)87-54(37(77)29(44)69)96-46-22(12-97-14-3-1-2-13(4-14)47(79)80)88-55(38(78)30(46)70)95-45-21(11-62)86-53(36(76)28(45)68)93-43-19(9-60)84-51(34(74)26(43)66)91-41-17(7-58)82-49(89-39)32(72)24(41)64/h1-4,15-46,48-78H,5-12H2,(H,79,80)/t15-,16-,17-,18-,19-,20-,21-,22-,23-,24-,25-,26-,27-,28-,29-,30-,31-,32-,33-,34-,35-,36-,37-,38-,39-,40-,41-,42-,43-,44-,45-,46-,48-,49-,50-,51-,52-,53-,54-,55-/m1/s1. The second-order valence-electron chi connectivity index (χ2n) is 24.4. The SMILES string of the molecule is O=C(O)c1cccc(SC[C@H]2O[C@@H]3O[C@H]4[C@H](O)[C@@H](O)[C@@H](O[C@H]5[C@H](O)[C@@H](O)[C@@H](O[C@H]6[C@H](O)[C@@H](O)[C@@H](O[C@H]7[C@H](O)[C@@H](O)[C@@H](O[C@H]8[C@H](O)[C@@H](O)[C@@H](O[C@H]9[C@H](O)[C@@H](O)[C@@H](O[C@H]%10[C@H](O)[C@@H](O)[C@@H](O[C@H]2[C@H](O)[C@H]3O)O[C@@H]%10CO)O[C@@H]9CO)O[C@@H]8CO)O[C@@H]7CO)O[C@@H]6CO)O[C@@H]5CO)O[C@@H]4CO)c1. The average molecular weight is 1430 g/mol. The van der Waals surface area contributed by atoms with Crippen LogP contribution in [-0.4, -0.2) is 426 Å². The Hall–Kier alpha value is -2.52. The molecule has 40 atom stereocenters. The van der Waals surface area contributed by atoms with E-state index in [0.29, 0.717) is 0 Å². The largest absolute Gasteiger partial charge is 0.478 e. The molecule has 0 aromatic heterocycles. The number of aliphatic hydroxyl groups excluding tert-OH is 23. The Labute approximate surface area is 551 Å². The highest BCUT2D eigenvalue weighted by atomic mass is 32.2. The molecule has 30 aliphatic rings. The van der Waals surface area contributed by atoms with Gasteiger partial charge in [-0.3, -0.25) is 0 Å². The van der Waals surface area contributed by atoms with Crippen molar-refractivity contribution in [1.82, 2.24) is 0 Å². The van der Waals surface area contributed by atoms with E-state index in [9.17, 15) is 127 Å². The van der Waals surface area contributed by atoms with E-state index in [1.165, 1.54) is 24.3 Å². The maximum atomic E-state index is 11.9. The van der Waals surface area contributed by atoms with E-state index in [-0.39, 0.29) is 16.2 Å². The molecule has 30 aliphatic heterocycles.